The van der Waals surface area contributed by atoms with Gasteiger partial charge in [0, 0.05) is 18.3 Å². The van der Waals surface area contributed by atoms with Gasteiger partial charge in [-0.25, -0.2) is 23.1 Å². The standard InChI is InChI=1S/C32H26F3N5O2/c1-17-25(29-24(30(36)38-16-37-29)8-7-23-4-3-10-39(23)31(41)18(2)33)14-22(34)15-27(17)40-11-9-20-12-21(19-5-6-19)13-26(35)28(20)32(40)42/h9,11-16,19,23H,2-6,10H2,1H3,(H2,36,37,38)/t23-/m0/s1. The average Bonchev–Trinajstić information content (AvgIpc) is 3.71. The zero-order valence-electron chi connectivity index (χ0n) is 22.8. The quantitative estimate of drug-likeness (QED) is 0.265. The van der Waals surface area contributed by atoms with Crippen molar-refractivity contribution in [3.8, 4) is 28.8 Å². The molecule has 1 atom stereocenters. The van der Waals surface area contributed by atoms with Crippen molar-refractivity contribution in [3.05, 3.63) is 93.9 Å². The van der Waals surface area contributed by atoms with Gasteiger partial charge in [0.15, 0.2) is 5.83 Å². The highest BCUT2D eigenvalue weighted by Gasteiger charge is 2.29. The third-order valence-corrected chi connectivity index (χ3v) is 7.87. The number of aromatic nitrogens is 3. The molecule has 6 rings (SSSR count). The van der Waals surface area contributed by atoms with Gasteiger partial charge in [0.1, 0.15) is 23.8 Å². The van der Waals surface area contributed by atoms with Crippen LogP contribution in [0, 0.1) is 30.4 Å². The van der Waals surface area contributed by atoms with E-state index in [9.17, 15) is 14.0 Å². The number of pyridine rings is 1. The summed E-state index contributed by atoms with van der Waals surface area (Å²) in [6.07, 6.45) is 5.89. The van der Waals surface area contributed by atoms with E-state index in [0.717, 1.165) is 18.4 Å². The molecule has 2 aromatic carbocycles. The highest BCUT2D eigenvalue weighted by atomic mass is 19.1. The van der Waals surface area contributed by atoms with Gasteiger partial charge >= 0.3 is 0 Å². The molecule has 0 spiro atoms. The number of anilines is 1. The van der Waals surface area contributed by atoms with E-state index in [4.69, 9.17) is 5.73 Å². The zero-order chi connectivity index (χ0) is 29.7. The van der Waals surface area contributed by atoms with Gasteiger partial charge in [-0.2, -0.15) is 0 Å². The number of amides is 1. The van der Waals surface area contributed by atoms with Crippen molar-refractivity contribution in [3.63, 3.8) is 0 Å². The van der Waals surface area contributed by atoms with Gasteiger partial charge in [0.05, 0.1) is 28.4 Å². The van der Waals surface area contributed by atoms with Gasteiger partial charge in [-0.15, -0.1) is 0 Å². The van der Waals surface area contributed by atoms with Crippen molar-refractivity contribution < 1.29 is 18.0 Å². The van der Waals surface area contributed by atoms with Gasteiger partial charge in [0.25, 0.3) is 11.5 Å². The van der Waals surface area contributed by atoms with E-state index in [1.54, 1.807) is 13.0 Å². The smallest absolute Gasteiger partial charge is 0.282 e. The molecule has 42 heavy (non-hydrogen) atoms. The summed E-state index contributed by atoms with van der Waals surface area (Å²) in [5.74, 6) is 3.07. The van der Waals surface area contributed by atoms with Crippen LogP contribution >= 0.6 is 0 Å². The normalized spacial score (nSPS) is 16.4. The average molecular weight is 570 g/mol. The van der Waals surface area contributed by atoms with Crippen LogP contribution in [0.2, 0.25) is 0 Å². The number of nitrogens with zero attached hydrogens (tertiary/aromatic N) is 4. The van der Waals surface area contributed by atoms with E-state index in [0.29, 0.717) is 41.8 Å². The predicted molar refractivity (Wildman–Crippen MR) is 153 cm³/mol. The van der Waals surface area contributed by atoms with E-state index in [-0.39, 0.29) is 28.1 Å². The molecule has 2 aliphatic rings. The Labute approximate surface area is 239 Å². The van der Waals surface area contributed by atoms with Crippen LogP contribution in [0.5, 0.6) is 0 Å². The summed E-state index contributed by atoms with van der Waals surface area (Å²) in [6.45, 7) is 5.11. The Morgan fingerprint density at radius 2 is 1.93 bits per heavy atom. The molecule has 2 fully saturated rings. The Kier molecular flexibility index (Phi) is 6.81. The minimum absolute atomic E-state index is 0.0277. The number of carbonyl (C=O) groups excluding carboxylic acids is 1. The highest BCUT2D eigenvalue weighted by Crippen LogP contribution is 2.41. The Morgan fingerprint density at radius 3 is 2.67 bits per heavy atom. The molecule has 7 nitrogen and oxygen atoms in total. The summed E-state index contributed by atoms with van der Waals surface area (Å²) in [5.41, 5.74) is 7.81. The first-order valence-corrected chi connectivity index (χ1v) is 13.6. The van der Waals surface area contributed by atoms with Crippen LogP contribution in [-0.4, -0.2) is 37.9 Å². The molecule has 3 heterocycles. The summed E-state index contributed by atoms with van der Waals surface area (Å²) in [4.78, 5) is 35.4. The van der Waals surface area contributed by atoms with Crippen molar-refractivity contribution in [2.45, 2.75) is 44.6 Å². The number of hydrogen-bond donors (Lipinski definition) is 1. The van der Waals surface area contributed by atoms with Crippen LogP contribution in [-0.2, 0) is 4.79 Å². The van der Waals surface area contributed by atoms with Crippen molar-refractivity contribution in [1.29, 1.82) is 0 Å². The van der Waals surface area contributed by atoms with Gasteiger partial charge in [0.2, 0.25) is 0 Å². The first-order valence-electron chi connectivity index (χ1n) is 13.6. The van der Waals surface area contributed by atoms with Gasteiger partial charge in [-0.05, 0) is 79.3 Å². The summed E-state index contributed by atoms with van der Waals surface area (Å²) in [7, 11) is 0. The van der Waals surface area contributed by atoms with Crippen molar-refractivity contribution in [2.75, 3.05) is 12.3 Å². The topological polar surface area (TPSA) is 94.1 Å². The number of benzene rings is 2. The van der Waals surface area contributed by atoms with E-state index in [2.05, 4.69) is 28.4 Å². The monoisotopic (exact) mass is 569 g/mol. The Morgan fingerprint density at radius 1 is 1.14 bits per heavy atom. The maximum Gasteiger partial charge on any atom is 0.282 e. The summed E-state index contributed by atoms with van der Waals surface area (Å²) in [5, 5.41) is 0.418. The molecule has 2 N–H and O–H groups in total. The van der Waals surface area contributed by atoms with Gasteiger partial charge in [-0.1, -0.05) is 24.5 Å². The molecule has 1 aliphatic heterocycles. The summed E-state index contributed by atoms with van der Waals surface area (Å²) < 4.78 is 45.0. The summed E-state index contributed by atoms with van der Waals surface area (Å²) >= 11 is 0. The molecule has 0 radical (unpaired) electrons. The zero-order valence-corrected chi connectivity index (χ0v) is 22.8. The van der Waals surface area contributed by atoms with E-state index in [1.165, 1.54) is 40.2 Å². The van der Waals surface area contributed by atoms with E-state index >= 15 is 8.78 Å². The fourth-order valence-corrected chi connectivity index (χ4v) is 5.55. The molecule has 4 aromatic rings. The van der Waals surface area contributed by atoms with Crippen molar-refractivity contribution in [1.82, 2.24) is 19.4 Å². The second-order valence-electron chi connectivity index (χ2n) is 10.6. The SMILES string of the molecule is C=C(F)C(=O)N1CCC[C@H]1C#Cc1c(N)ncnc1-c1cc(F)cc(-n2ccc3cc(C4CC4)cc(F)c3c2=O)c1C. The second kappa shape index (κ2) is 10.5. The van der Waals surface area contributed by atoms with E-state index in [1.807, 2.05) is 6.07 Å². The van der Waals surface area contributed by atoms with E-state index < -0.39 is 35.0 Å². The molecule has 212 valence electrons. The minimum Gasteiger partial charge on any atom is -0.383 e. The van der Waals surface area contributed by atoms with Crippen molar-refractivity contribution >= 4 is 22.5 Å². The molecule has 1 amide bonds. The molecule has 0 unspecified atom stereocenters. The molecular formula is C32H26F3N5O2. The van der Waals surface area contributed by atoms with Crippen LogP contribution in [0.1, 0.15) is 48.3 Å². The highest BCUT2D eigenvalue weighted by molar-refractivity contribution is 5.91. The van der Waals surface area contributed by atoms with Crippen LogP contribution in [0.3, 0.4) is 0 Å². The first-order chi connectivity index (χ1) is 20.1. The Balaban J connectivity index is 1.45. The number of rotatable bonds is 4. The third-order valence-electron chi connectivity index (χ3n) is 7.87. The molecule has 1 aliphatic carbocycles. The number of hydrogen-bond acceptors (Lipinski definition) is 5. The molecule has 1 saturated heterocycles. The summed E-state index contributed by atoms with van der Waals surface area (Å²) in [6, 6.07) is 6.77. The van der Waals surface area contributed by atoms with Crippen LogP contribution in [0.15, 0.2) is 60.1 Å². The molecular weight excluding hydrogens is 543 g/mol. The fourth-order valence-electron chi connectivity index (χ4n) is 5.55. The lowest BCUT2D eigenvalue weighted by Crippen LogP contribution is -2.34. The van der Waals surface area contributed by atoms with Crippen LogP contribution in [0.4, 0.5) is 19.0 Å². The maximum absolute atomic E-state index is 15.2. The number of carbonyl (C=O) groups is 1. The number of nitrogen functional groups attached to an aromatic ring is 1. The molecule has 0 bridgehead atoms. The fraction of sp³-hybridized carbons (Fsp3) is 0.250. The largest absolute Gasteiger partial charge is 0.383 e. The Hall–Kier alpha value is -4.91. The minimum atomic E-state index is -1.07. The van der Waals surface area contributed by atoms with Crippen molar-refractivity contribution in [2.24, 2.45) is 0 Å². The van der Waals surface area contributed by atoms with Gasteiger partial charge < -0.3 is 10.6 Å². The Bertz CT molecular complexity index is 1920. The maximum atomic E-state index is 15.2. The second-order valence-corrected chi connectivity index (χ2v) is 10.6. The molecule has 2 aromatic heterocycles. The number of likely N-dealkylation sites (tertiary alicyclic amines) is 1. The third kappa shape index (κ3) is 4.81. The number of fused-ring (bicyclic) bond motifs is 1. The predicted octanol–water partition coefficient (Wildman–Crippen LogP) is 5.32. The first kappa shape index (κ1) is 27.3. The lowest BCUT2D eigenvalue weighted by Gasteiger charge is -2.19. The van der Waals surface area contributed by atoms with Crippen LogP contribution in [0.25, 0.3) is 27.7 Å². The number of nitrogens with two attached hydrogens (primary N) is 1. The van der Waals surface area contributed by atoms with Crippen LogP contribution < -0.4 is 11.3 Å². The number of halogens is 3. The lowest BCUT2D eigenvalue weighted by molar-refractivity contribution is -0.128. The molecule has 1 saturated carbocycles. The van der Waals surface area contributed by atoms with Gasteiger partial charge in [-0.3, -0.25) is 14.2 Å². The molecule has 10 heteroatoms. The lowest BCUT2D eigenvalue weighted by atomic mass is 9.99.